The Morgan fingerprint density at radius 3 is 2.47 bits per heavy atom. The number of rotatable bonds is 6. The number of carbonyl (C=O) groups is 1. The molecule has 2 amide bonds. The van der Waals surface area contributed by atoms with Crippen molar-refractivity contribution in [2.45, 2.75) is 19.3 Å². The molecule has 0 fully saturated rings. The Hall–Kier alpha value is -3.71. The summed E-state index contributed by atoms with van der Waals surface area (Å²) in [6.45, 7) is 1.34. The van der Waals surface area contributed by atoms with Crippen LogP contribution in [0.5, 0.6) is 23.0 Å². The highest BCUT2D eigenvalue weighted by Gasteiger charge is 2.20. The van der Waals surface area contributed by atoms with E-state index in [0.717, 1.165) is 25.1 Å². The van der Waals surface area contributed by atoms with Gasteiger partial charge in [-0.2, -0.15) is 0 Å². The summed E-state index contributed by atoms with van der Waals surface area (Å²) in [4.78, 5) is 14.8. The van der Waals surface area contributed by atoms with Gasteiger partial charge < -0.3 is 29.7 Å². The van der Waals surface area contributed by atoms with Gasteiger partial charge in [-0.1, -0.05) is 6.07 Å². The number of amides is 2. The number of hydrogen-bond donors (Lipinski definition) is 2. The largest absolute Gasteiger partial charge is 0.457 e. The van der Waals surface area contributed by atoms with Crippen LogP contribution >= 0.6 is 0 Å². The molecule has 1 aliphatic carbocycles. The zero-order valence-electron chi connectivity index (χ0n) is 19.5. The van der Waals surface area contributed by atoms with Gasteiger partial charge in [0.05, 0.1) is 0 Å². The van der Waals surface area contributed by atoms with Crippen molar-refractivity contribution in [2.75, 3.05) is 38.1 Å². The maximum Gasteiger partial charge on any atom is 0.323 e. The number of nitrogens with zero attached hydrogens (tertiary/aromatic N) is 1. The molecule has 1 aliphatic heterocycles. The lowest BCUT2D eigenvalue weighted by Crippen LogP contribution is -2.26. The Morgan fingerprint density at radius 1 is 0.912 bits per heavy atom. The minimum absolute atomic E-state index is 0.226. The van der Waals surface area contributed by atoms with Crippen molar-refractivity contribution in [3.05, 3.63) is 71.8 Å². The number of hydrogen-bond acceptors (Lipinski definition) is 5. The number of nitrogens with one attached hydrogen (secondary N) is 2. The first-order chi connectivity index (χ1) is 16.5. The van der Waals surface area contributed by atoms with Crippen molar-refractivity contribution >= 4 is 17.4 Å². The quantitative estimate of drug-likeness (QED) is 0.508. The number of benzene rings is 3. The summed E-state index contributed by atoms with van der Waals surface area (Å²) in [7, 11) is 4.25. The zero-order chi connectivity index (χ0) is 23.5. The first kappa shape index (κ1) is 22.1. The summed E-state index contributed by atoms with van der Waals surface area (Å²) >= 11 is 0. The Bertz CT molecular complexity index is 1180. The molecule has 3 aromatic rings. The highest BCUT2D eigenvalue weighted by atomic mass is 16.7. The second-order valence-electron chi connectivity index (χ2n) is 9.08. The number of aryl methyl sites for hydroxylation is 1. The molecule has 7 heteroatoms. The summed E-state index contributed by atoms with van der Waals surface area (Å²) < 4.78 is 16.6. The lowest BCUT2D eigenvalue weighted by atomic mass is 9.83. The third kappa shape index (κ3) is 5.26. The molecule has 0 radical (unpaired) electrons. The monoisotopic (exact) mass is 459 g/mol. The Labute approximate surface area is 199 Å². The number of fused-ring (bicyclic) bond motifs is 2. The van der Waals surface area contributed by atoms with E-state index in [1.807, 2.05) is 30.3 Å². The summed E-state index contributed by atoms with van der Waals surface area (Å²) in [5.74, 6) is 3.39. The SMILES string of the molecule is CN(C)CC1CCc2cc(NC(=O)Nc3ccc(Oc4ccc5c(c4)OCO5)cc3)ccc2C1. The molecule has 0 saturated heterocycles. The van der Waals surface area contributed by atoms with Crippen LogP contribution in [0.2, 0.25) is 0 Å². The molecular formula is C27H29N3O4. The van der Waals surface area contributed by atoms with Crippen molar-refractivity contribution in [3.63, 3.8) is 0 Å². The summed E-state index contributed by atoms with van der Waals surface area (Å²) in [6.07, 6.45) is 3.33. The van der Waals surface area contributed by atoms with E-state index in [1.54, 1.807) is 18.2 Å². The van der Waals surface area contributed by atoms with Gasteiger partial charge >= 0.3 is 6.03 Å². The van der Waals surface area contributed by atoms with Gasteiger partial charge in [-0.05, 0) is 98.9 Å². The molecule has 0 saturated carbocycles. The molecular weight excluding hydrogens is 430 g/mol. The minimum atomic E-state index is -0.273. The van der Waals surface area contributed by atoms with Gasteiger partial charge in [0.2, 0.25) is 6.79 Å². The van der Waals surface area contributed by atoms with Crippen LogP contribution in [0.3, 0.4) is 0 Å². The third-order valence-electron chi connectivity index (χ3n) is 6.11. The van der Waals surface area contributed by atoms with Crippen molar-refractivity contribution < 1.29 is 19.0 Å². The van der Waals surface area contributed by atoms with E-state index in [2.05, 4.69) is 41.8 Å². The number of carbonyl (C=O) groups excluding carboxylic acids is 1. The fourth-order valence-corrected chi connectivity index (χ4v) is 4.56. The normalized spacial score (nSPS) is 16.1. The molecule has 2 aliphatic rings. The van der Waals surface area contributed by atoms with Crippen LogP contribution in [0.1, 0.15) is 17.5 Å². The highest BCUT2D eigenvalue weighted by Crippen LogP contribution is 2.36. The molecule has 5 rings (SSSR count). The van der Waals surface area contributed by atoms with Gasteiger partial charge in [-0.15, -0.1) is 0 Å². The van der Waals surface area contributed by atoms with Gasteiger partial charge in [0.25, 0.3) is 0 Å². The van der Waals surface area contributed by atoms with Crippen LogP contribution < -0.4 is 24.8 Å². The van der Waals surface area contributed by atoms with Crippen molar-refractivity contribution in [1.82, 2.24) is 4.90 Å². The van der Waals surface area contributed by atoms with Crippen molar-refractivity contribution in [3.8, 4) is 23.0 Å². The molecule has 1 heterocycles. The predicted molar refractivity (Wildman–Crippen MR) is 132 cm³/mol. The Balaban J connectivity index is 1.15. The molecule has 34 heavy (non-hydrogen) atoms. The highest BCUT2D eigenvalue weighted by molar-refractivity contribution is 5.99. The lowest BCUT2D eigenvalue weighted by molar-refractivity contribution is 0.174. The maximum atomic E-state index is 12.5. The van der Waals surface area contributed by atoms with Crippen LogP contribution in [0, 0.1) is 5.92 Å². The standard InChI is InChI=1S/C27H29N3O4/c1-30(2)16-18-3-4-20-14-22(6-5-19(20)13-18)29-27(31)28-21-7-9-23(10-8-21)34-24-11-12-25-26(15-24)33-17-32-25/h5-12,14-15,18H,3-4,13,16-17H2,1-2H3,(H2,28,29,31). The fraction of sp³-hybridized carbons (Fsp3) is 0.296. The Kier molecular flexibility index (Phi) is 6.27. The number of ether oxygens (including phenoxy) is 3. The topological polar surface area (TPSA) is 72.1 Å². The molecule has 7 nitrogen and oxygen atoms in total. The van der Waals surface area contributed by atoms with E-state index in [1.165, 1.54) is 17.5 Å². The van der Waals surface area contributed by atoms with Crippen LogP contribution in [0.15, 0.2) is 60.7 Å². The number of urea groups is 1. The summed E-state index contributed by atoms with van der Waals surface area (Å²) in [6, 6.07) is 18.6. The smallest absolute Gasteiger partial charge is 0.323 e. The minimum Gasteiger partial charge on any atom is -0.457 e. The maximum absolute atomic E-state index is 12.5. The number of anilines is 2. The van der Waals surface area contributed by atoms with Gasteiger partial charge in [-0.3, -0.25) is 0 Å². The van der Waals surface area contributed by atoms with Crippen molar-refractivity contribution in [2.24, 2.45) is 5.92 Å². The first-order valence-corrected chi connectivity index (χ1v) is 11.5. The second kappa shape index (κ2) is 9.65. The second-order valence-corrected chi connectivity index (χ2v) is 9.08. The van der Waals surface area contributed by atoms with E-state index in [0.29, 0.717) is 34.6 Å². The average Bonchev–Trinajstić information content (AvgIpc) is 3.28. The summed E-state index contributed by atoms with van der Waals surface area (Å²) in [5.41, 5.74) is 4.21. The van der Waals surface area contributed by atoms with Gasteiger partial charge in [0, 0.05) is 24.0 Å². The summed E-state index contributed by atoms with van der Waals surface area (Å²) in [5, 5.41) is 5.82. The average molecular weight is 460 g/mol. The van der Waals surface area contributed by atoms with E-state index in [-0.39, 0.29) is 12.8 Å². The molecule has 1 unspecified atom stereocenters. The first-order valence-electron chi connectivity index (χ1n) is 11.5. The molecule has 0 aromatic heterocycles. The van der Waals surface area contributed by atoms with Gasteiger partial charge in [-0.25, -0.2) is 4.79 Å². The zero-order valence-corrected chi connectivity index (χ0v) is 19.5. The van der Waals surface area contributed by atoms with E-state index in [9.17, 15) is 4.79 Å². The molecule has 0 bridgehead atoms. The molecule has 1 atom stereocenters. The van der Waals surface area contributed by atoms with E-state index < -0.39 is 0 Å². The van der Waals surface area contributed by atoms with Crippen molar-refractivity contribution in [1.29, 1.82) is 0 Å². The van der Waals surface area contributed by atoms with Crippen LogP contribution in [-0.2, 0) is 12.8 Å². The third-order valence-corrected chi connectivity index (χ3v) is 6.11. The molecule has 3 aromatic carbocycles. The van der Waals surface area contributed by atoms with Gasteiger partial charge in [0.1, 0.15) is 11.5 Å². The lowest BCUT2D eigenvalue weighted by Gasteiger charge is -2.27. The fourth-order valence-electron chi connectivity index (χ4n) is 4.56. The molecule has 176 valence electrons. The van der Waals surface area contributed by atoms with Crippen LogP contribution in [0.4, 0.5) is 16.2 Å². The molecule has 2 N–H and O–H groups in total. The van der Waals surface area contributed by atoms with E-state index >= 15 is 0 Å². The predicted octanol–water partition coefficient (Wildman–Crippen LogP) is 5.52. The van der Waals surface area contributed by atoms with Crippen LogP contribution in [0.25, 0.3) is 0 Å². The van der Waals surface area contributed by atoms with Gasteiger partial charge in [0.15, 0.2) is 11.5 Å². The molecule has 0 spiro atoms. The Morgan fingerprint density at radius 2 is 1.65 bits per heavy atom. The van der Waals surface area contributed by atoms with E-state index in [4.69, 9.17) is 14.2 Å². The van der Waals surface area contributed by atoms with Crippen LogP contribution in [-0.4, -0.2) is 38.4 Å².